The fourth-order valence-electron chi connectivity index (χ4n) is 3.59. The number of hydrogen-bond acceptors (Lipinski definition) is 4. The van der Waals surface area contributed by atoms with Crippen LogP contribution in [0.2, 0.25) is 5.02 Å². The molecule has 6 nitrogen and oxygen atoms in total. The summed E-state index contributed by atoms with van der Waals surface area (Å²) >= 11 is 6.25. The van der Waals surface area contributed by atoms with Crippen molar-refractivity contribution in [2.75, 3.05) is 13.2 Å². The summed E-state index contributed by atoms with van der Waals surface area (Å²) in [7, 11) is 0. The van der Waals surface area contributed by atoms with Crippen molar-refractivity contribution in [1.29, 1.82) is 0 Å². The molecule has 0 aliphatic carbocycles. The lowest BCUT2D eigenvalue weighted by atomic mass is 10.1. The average Bonchev–Trinajstić information content (AvgIpc) is 3.41. The molecule has 0 radical (unpaired) electrons. The zero-order valence-corrected chi connectivity index (χ0v) is 18.3. The quantitative estimate of drug-likeness (QED) is 0.423. The Balaban J connectivity index is 1.44. The minimum atomic E-state index is -0.232. The van der Waals surface area contributed by atoms with Crippen LogP contribution in [0.25, 0.3) is 11.0 Å². The molecule has 7 heteroatoms. The molecule has 1 amide bonds. The first-order valence-corrected chi connectivity index (χ1v) is 10.6. The van der Waals surface area contributed by atoms with Crippen molar-refractivity contribution in [3.63, 3.8) is 0 Å². The number of hydrogen-bond donors (Lipinski definition) is 1. The smallest absolute Gasteiger partial charge is 0.286 e. The second kappa shape index (κ2) is 9.27. The van der Waals surface area contributed by atoms with Crippen LogP contribution >= 0.6 is 11.6 Å². The number of imidazole rings is 1. The Hall–Kier alpha value is -3.25. The number of aryl methyl sites for hydroxylation is 2. The van der Waals surface area contributed by atoms with Gasteiger partial charge in [-0.3, -0.25) is 4.79 Å². The van der Waals surface area contributed by atoms with Crippen LogP contribution in [-0.4, -0.2) is 28.6 Å². The van der Waals surface area contributed by atoms with Crippen LogP contribution < -0.4 is 10.1 Å². The molecular weight excluding hydrogens is 414 g/mol. The van der Waals surface area contributed by atoms with Gasteiger partial charge in [0.2, 0.25) is 0 Å². The first-order chi connectivity index (χ1) is 15.0. The Morgan fingerprint density at radius 2 is 1.94 bits per heavy atom. The molecule has 0 bridgehead atoms. The third-order valence-electron chi connectivity index (χ3n) is 5.11. The molecule has 0 fully saturated rings. The molecule has 0 unspecified atom stereocenters. The lowest BCUT2D eigenvalue weighted by molar-refractivity contribution is 0.0926. The van der Waals surface area contributed by atoms with Gasteiger partial charge in [-0.05, 0) is 61.4 Å². The third-order valence-corrected chi connectivity index (χ3v) is 5.70. The van der Waals surface area contributed by atoms with E-state index in [0.29, 0.717) is 31.9 Å². The molecule has 2 aromatic carbocycles. The van der Waals surface area contributed by atoms with Gasteiger partial charge in [0.25, 0.3) is 5.91 Å². The van der Waals surface area contributed by atoms with Crippen molar-refractivity contribution in [2.45, 2.75) is 26.8 Å². The SMILES string of the molecule is Cc1cc(OCCn2c(CCNC(=O)c3ccco3)nc3ccccc32)cc(C)c1Cl. The van der Waals surface area contributed by atoms with Gasteiger partial charge in [-0.15, -0.1) is 0 Å². The van der Waals surface area contributed by atoms with Gasteiger partial charge in [-0.2, -0.15) is 0 Å². The topological polar surface area (TPSA) is 69.3 Å². The van der Waals surface area contributed by atoms with Crippen LogP contribution in [0.15, 0.2) is 59.2 Å². The summed E-state index contributed by atoms with van der Waals surface area (Å²) in [6, 6.07) is 15.2. The van der Waals surface area contributed by atoms with Gasteiger partial charge in [0.1, 0.15) is 18.2 Å². The number of ether oxygens (including phenoxy) is 1. The number of nitrogens with one attached hydrogen (secondary N) is 1. The summed E-state index contributed by atoms with van der Waals surface area (Å²) in [5.74, 6) is 1.77. The van der Waals surface area contributed by atoms with Crippen LogP contribution in [0.1, 0.15) is 27.5 Å². The van der Waals surface area contributed by atoms with E-state index >= 15 is 0 Å². The highest BCUT2D eigenvalue weighted by atomic mass is 35.5. The number of nitrogens with zero attached hydrogens (tertiary/aromatic N) is 2. The highest BCUT2D eigenvalue weighted by Crippen LogP contribution is 2.26. The van der Waals surface area contributed by atoms with Crippen molar-refractivity contribution in [3.05, 3.63) is 82.5 Å². The molecule has 0 saturated heterocycles. The number of carbonyl (C=O) groups is 1. The predicted octanol–water partition coefficient (Wildman–Crippen LogP) is 4.95. The lowest BCUT2D eigenvalue weighted by Gasteiger charge is -2.13. The second-order valence-corrected chi connectivity index (χ2v) is 7.75. The fraction of sp³-hybridized carbons (Fsp3) is 0.250. The van der Waals surface area contributed by atoms with E-state index in [1.807, 2.05) is 50.2 Å². The van der Waals surface area contributed by atoms with Crippen LogP contribution in [0.5, 0.6) is 5.75 Å². The first kappa shape index (κ1) is 21.0. The Labute approximate surface area is 185 Å². The summed E-state index contributed by atoms with van der Waals surface area (Å²) in [6.07, 6.45) is 2.08. The highest BCUT2D eigenvalue weighted by molar-refractivity contribution is 6.32. The minimum Gasteiger partial charge on any atom is -0.492 e. The molecule has 0 atom stereocenters. The first-order valence-electron chi connectivity index (χ1n) is 10.2. The zero-order chi connectivity index (χ0) is 21.8. The molecule has 2 aromatic heterocycles. The molecular formula is C24H24ClN3O3. The Morgan fingerprint density at radius 3 is 2.68 bits per heavy atom. The van der Waals surface area contributed by atoms with Gasteiger partial charge in [0, 0.05) is 18.0 Å². The van der Waals surface area contributed by atoms with Gasteiger partial charge < -0.3 is 19.0 Å². The van der Waals surface area contributed by atoms with E-state index < -0.39 is 0 Å². The second-order valence-electron chi connectivity index (χ2n) is 7.37. The standard InChI is InChI=1S/C24H24ClN3O3/c1-16-14-18(15-17(2)23(16)25)30-13-11-28-20-7-4-3-6-19(20)27-22(28)9-10-26-24(29)21-8-5-12-31-21/h3-8,12,14-15H,9-11,13H2,1-2H3,(H,26,29). The fourth-order valence-corrected chi connectivity index (χ4v) is 3.70. The molecule has 0 aliphatic heterocycles. The summed E-state index contributed by atoms with van der Waals surface area (Å²) in [4.78, 5) is 16.9. The molecule has 2 heterocycles. The lowest BCUT2D eigenvalue weighted by Crippen LogP contribution is -2.26. The number of aromatic nitrogens is 2. The maximum absolute atomic E-state index is 12.1. The largest absolute Gasteiger partial charge is 0.492 e. The van der Waals surface area contributed by atoms with Crippen molar-refractivity contribution < 1.29 is 13.9 Å². The molecule has 31 heavy (non-hydrogen) atoms. The highest BCUT2D eigenvalue weighted by Gasteiger charge is 2.13. The van der Waals surface area contributed by atoms with Gasteiger partial charge in [0.15, 0.2) is 5.76 Å². The number of carbonyl (C=O) groups excluding carboxylic acids is 1. The van der Waals surface area contributed by atoms with Crippen molar-refractivity contribution in [3.8, 4) is 5.75 Å². The number of rotatable bonds is 8. The number of amides is 1. The van der Waals surface area contributed by atoms with E-state index in [1.54, 1.807) is 12.1 Å². The maximum Gasteiger partial charge on any atom is 0.286 e. The monoisotopic (exact) mass is 437 g/mol. The van der Waals surface area contributed by atoms with Crippen molar-refractivity contribution in [1.82, 2.24) is 14.9 Å². The van der Waals surface area contributed by atoms with E-state index in [0.717, 1.165) is 38.8 Å². The average molecular weight is 438 g/mol. The summed E-state index contributed by atoms with van der Waals surface area (Å²) in [6.45, 7) is 5.54. The number of halogens is 1. The zero-order valence-electron chi connectivity index (χ0n) is 17.5. The van der Waals surface area contributed by atoms with Crippen LogP contribution in [0.3, 0.4) is 0 Å². The van der Waals surface area contributed by atoms with E-state index in [4.69, 9.17) is 25.7 Å². The number of fused-ring (bicyclic) bond motifs is 1. The molecule has 0 aliphatic rings. The van der Waals surface area contributed by atoms with Gasteiger partial charge in [-0.25, -0.2) is 4.98 Å². The third kappa shape index (κ3) is 4.75. The van der Waals surface area contributed by atoms with Crippen LogP contribution in [0, 0.1) is 13.8 Å². The van der Waals surface area contributed by atoms with Gasteiger partial charge in [-0.1, -0.05) is 23.7 Å². The minimum absolute atomic E-state index is 0.232. The van der Waals surface area contributed by atoms with E-state index in [1.165, 1.54) is 6.26 Å². The Morgan fingerprint density at radius 1 is 1.16 bits per heavy atom. The molecule has 0 spiro atoms. The van der Waals surface area contributed by atoms with E-state index in [-0.39, 0.29) is 5.91 Å². The summed E-state index contributed by atoms with van der Waals surface area (Å²) in [5, 5.41) is 3.65. The molecule has 1 N–H and O–H groups in total. The predicted molar refractivity (Wildman–Crippen MR) is 121 cm³/mol. The van der Waals surface area contributed by atoms with Crippen molar-refractivity contribution >= 4 is 28.5 Å². The Kier molecular flexibility index (Phi) is 6.28. The maximum atomic E-state index is 12.1. The number of benzene rings is 2. The van der Waals surface area contributed by atoms with E-state index in [9.17, 15) is 4.79 Å². The van der Waals surface area contributed by atoms with E-state index in [2.05, 4.69) is 9.88 Å². The summed E-state index contributed by atoms with van der Waals surface area (Å²) < 4.78 is 13.3. The molecule has 4 aromatic rings. The molecule has 0 saturated carbocycles. The number of furan rings is 1. The normalized spacial score (nSPS) is 11.1. The van der Waals surface area contributed by atoms with Crippen LogP contribution in [0.4, 0.5) is 0 Å². The molecule has 160 valence electrons. The Bertz CT molecular complexity index is 1180. The van der Waals surface area contributed by atoms with Crippen LogP contribution in [-0.2, 0) is 13.0 Å². The summed E-state index contributed by atoms with van der Waals surface area (Å²) in [5.41, 5.74) is 3.96. The van der Waals surface area contributed by atoms with Gasteiger partial charge in [0.05, 0.1) is 23.8 Å². The van der Waals surface area contributed by atoms with Gasteiger partial charge >= 0.3 is 0 Å². The number of para-hydroxylation sites is 2. The molecule has 4 rings (SSSR count). The van der Waals surface area contributed by atoms with Crippen molar-refractivity contribution in [2.24, 2.45) is 0 Å².